The first-order valence-electron chi connectivity index (χ1n) is 9.05. The molecule has 0 aliphatic carbocycles. The quantitative estimate of drug-likeness (QED) is 0.421. The average Bonchev–Trinajstić information content (AvgIpc) is 3.04. The van der Waals surface area contributed by atoms with E-state index >= 15 is 0 Å². The van der Waals surface area contributed by atoms with Gasteiger partial charge in [0, 0.05) is 29.2 Å². The van der Waals surface area contributed by atoms with E-state index in [9.17, 15) is 9.59 Å². The molecule has 2 aromatic carbocycles. The SMILES string of the molecule is CCn1cc(C=C2C(=O)NC(=S)N(c3ccc(C)cc3)C2=O)c2ccccc21. The Kier molecular flexibility index (Phi) is 4.57. The van der Waals surface area contributed by atoms with Gasteiger partial charge < -0.3 is 4.57 Å². The van der Waals surface area contributed by atoms with Crippen LogP contribution in [0.5, 0.6) is 0 Å². The molecule has 0 saturated carbocycles. The van der Waals surface area contributed by atoms with Gasteiger partial charge in [0.25, 0.3) is 11.8 Å². The number of carbonyl (C=O) groups is 2. The molecule has 6 heteroatoms. The first kappa shape index (κ1) is 18.1. The molecule has 0 atom stereocenters. The van der Waals surface area contributed by atoms with Crippen LogP contribution in [0.4, 0.5) is 5.69 Å². The maximum atomic E-state index is 13.2. The molecule has 2 heterocycles. The molecule has 1 aliphatic rings. The summed E-state index contributed by atoms with van der Waals surface area (Å²) in [5, 5.41) is 3.72. The van der Waals surface area contributed by atoms with E-state index in [2.05, 4.69) is 16.8 Å². The number of fused-ring (bicyclic) bond motifs is 1. The van der Waals surface area contributed by atoms with Crippen molar-refractivity contribution in [2.75, 3.05) is 4.90 Å². The number of aromatic nitrogens is 1. The Morgan fingerprint density at radius 3 is 2.50 bits per heavy atom. The van der Waals surface area contributed by atoms with E-state index in [1.165, 1.54) is 4.90 Å². The van der Waals surface area contributed by atoms with E-state index in [1.807, 2.05) is 61.7 Å². The van der Waals surface area contributed by atoms with Gasteiger partial charge in [-0.25, -0.2) is 0 Å². The third-order valence-corrected chi connectivity index (χ3v) is 5.14. The molecule has 28 heavy (non-hydrogen) atoms. The molecule has 5 nitrogen and oxygen atoms in total. The minimum absolute atomic E-state index is 0.0631. The van der Waals surface area contributed by atoms with E-state index in [0.29, 0.717) is 5.69 Å². The third-order valence-electron chi connectivity index (χ3n) is 4.85. The van der Waals surface area contributed by atoms with Crippen LogP contribution in [0.1, 0.15) is 18.1 Å². The van der Waals surface area contributed by atoms with E-state index in [1.54, 1.807) is 6.08 Å². The maximum Gasteiger partial charge on any atom is 0.270 e. The van der Waals surface area contributed by atoms with Crippen molar-refractivity contribution < 1.29 is 9.59 Å². The van der Waals surface area contributed by atoms with Crippen LogP contribution in [-0.4, -0.2) is 21.5 Å². The van der Waals surface area contributed by atoms with Gasteiger partial charge in [0.15, 0.2) is 5.11 Å². The van der Waals surface area contributed by atoms with Crippen molar-refractivity contribution in [2.24, 2.45) is 0 Å². The summed E-state index contributed by atoms with van der Waals surface area (Å²) in [6.07, 6.45) is 3.61. The lowest BCUT2D eigenvalue weighted by molar-refractivity contribution is -0.122. The average molecular weight is 389 g/mol. The van der Waals surface area contributed by atoms with E-state index < -0.39 is 11.8 Å². The second-order valence-electron chi connectivity index (χ2n) is 6.68. The summed E-state index contributed by atoms with van der Waals surface area (Å²) >= 11 is 5.26. The van der Waals surface area contributed by atoms with Gasteiger partial charge in [-0.15, -0.1) is 0 Å². The predicted molar refractivity (Wildman–Crippen MR) is 115 cm³/mol. The lowest BCUT2D eigenvalue weighted by atomic mass is 10.1. The summed E-state index contributed by atoms with van der Waals surface area (Å²) in [4.78, 5) is 27.1. The number of hydrogen-bond donors (Lipinski definition) is 1. The number of aryl methyl sites for hydroxylation is 2. The summed E-state index contributed by atoms with van der Waals surface area (Å²) in [6.45, 7) is 4.82. The van der Waals surface area contributed by atoms with Gasteiger partial charge in [0.1, 0.15) is 5.57 Å². The summed E-state index contributed by atoms with van der Waals surface area (Å²) < 4.78 is 2.09. The second-order valence-corrected chi connectivity index (χ2v) is 7.07. The summed E-state index contributed by atoms with van der Waals surface area (Å²) in [7, 11) is 0. The van der Waals surface area contributed by atoms with Crippen LogP contribution in [0.25, 0.3) is 17.0 Å². The van der Waals surface area contributed by atoms with Crippen LogP contribution in [-0.2, 0) is 16.1 Å². The van der Waals surface area contributed by atoms with Gasteiger partial charge in [-0.3, -0.25) is 19.8 Å². The Labute approximate surface area is 168 Å². The molecule has 1 fully saturated rings. The molecule has 0 spiro atoms. The number of thiocarbonyl (C=S) groups is 1. The zero-order valence-corrected chi connectivity index (χ0v) is 16.4. The molecule has 1 aromatic heterocycles. The number of benzene rings is 2. The fourth-order valence-electron chi connectivity index (χ4n) is 3.39. The summed E-state index contributed by atoms with van der Waals surface area (Å²) in [6, 6.07) is 15.4. The number of amides is 2. The first-order valence-corrected chi connectivity index (χ1v) is 9.46. The predicted octanol–water partition coefficient (Wildman–Crippen LogP) is 3.80. The van der Waals surface area contributed by atoms with E-state index in [4.69, 9.17) is 12.2 Å². The van der Waals surface area contributed by atoms with Crippen LogP contribution in [0.15, 0.2) is 60.3 Å². The number of nitrogens with one attached hydrogen (secondary N) is 1. The van der Waals surface area contributed by atoms with Gasteiger partial charge in [-0.1, -0.05) is 35.9 Å². The van der Waals surface area contributed by atoms with Crippen molar-refractivity contribution in [3.63, 3.8) is 0 Å². The Bertz CT molecular complexity index is 1140. The highest BCUT2D eigenvalue weighted by Crippen LogP contribution is 2.26. The molecule has 1 N–H and O–H groups in total. The zero-order chi connectivity index (χ0) is 19.8. The summed E-state index contributed by atoms with van der Waals surface area (Å²) in [5.41, 5.74) is 3.65. The number of anilines is 1. The Morgan fingerprint density at radius 1 is 1.07 bits per heavy atom. The van der Waals surface area contributed by atoms with Gasteiger partial charge >= 0.3 is 0 Å². The van der Waals surface area contributed by atoms with Crippen molar-refractivity contribution in [3.05, 3.63) is 71.4 Å². The number of nitrogens with zero attached hydrogens (tertiary/aromatic N) is 2. The van der Waals surface area contributed by atoms with Gasteiger partial charge in [0.05, 0.1) is 5.69 Å². The highest BCUT2D eigenvalue weighted by Gasteiger charge is 2.34. The molecular formula is C22H19N3O2S. The first-order chi connectivity index (χ1) is 13.5. The maximum absolute atomic E-state index is 13.2. The van der Waals surface area contributed by atoms with Crippen LogP contribution >= 0.6 is 12.2 Å². The smallest absolute Gasteiger partial charge is 0.270 e. The molecule has 3 aromatic rings. The standard InChI is InChI=1S/C22H19N3O2S/c1-3-24-13-15(17-6-4-5-7-19(17)24)12-18-20(26)23-22(28)25(21(18)27)16-10-8-14(2)9-11-16/h4-13H,3H2,1-2H3,(H,23,26,28). The van der Waals surface area contributed by atoms with E-state index in [-0.39, 0.29) is 10.7 Å². The number of hydrogen-bond acceptors (Lipinski definition) is 3. The molecule has 1 aliphatic heterocycles. The van der Waals surface area contributed by atoms with Crippen LogP contribution in [0, 0.1) is 6.92 Å². The van der Waals surface area contributed by atoms with Gasteiger partial charge in [-0.05, 0) is 50.3 Å². The van der Waals surface area contributed by atoms with Gasteiger partial charge in [-0.2, -0.15) is 0 Å². The Balaban J connectivity index is 1.80. The van der Waals surface area contributed by atoms with Crippen LogP contribution < -0.4 is 10.2 Å². The molecule has 140 valence electrons. The summed E-state index contributed by atoms with van der Waals surface area (Å²) in [5.74, 6) is -0.905. The number of para-hydroxylation sites is 1. The molecule has 0 unspecified atom stereocenters. The fraction of sp³-hybridized carbons (Fsp3) is 0.136. The molecule has 0 radical (unpaired) electrons. The lowest BCUT2D eigenvalue weighted by Crippen LogP contribution is -2.54. The lowest BCUT2D eigenvalue weighted by Gasteiger charge is -2.29. The second kappa shape index (κ2) is 7.05. The highest BCUT2D eigenvalue weighted by atomic mass is 32.1. The van der Waals surface area contributed by atoms with Crippen LogP contribution in [0.3, 0.4) is 0 Å². The molecule has 2 amide bonds. The van der Waals surface area contributed by atoms with Crippen molar-refractivity contribution in [1.29, 1.82) is 0 Å². The van der Waals surface area contributed by atoms with Crippen molar-refractivity contribution in [1.82, 2.24) is 9.88 Å². The van der Waals surface area contributed by atoms with Crippen molar-refractivity contribution >= 4 is 51.8 Å². The fourth-order valence-corrected chi connectivity index (χ4v) is 3.67. The zero-order valence-electron chi connectivity index (χ0n) is 15.6. The van der Waals surface area contributed by atoms with Gasteiger partial charge in [0.2, 0.25) is 0 Å². The Hall–Kier alpha value is -3.25. The minimum atomic E-state index is -0.480. The highest BCUT2D eigenvalue weighted by molar-refractivity contribution is 7.80. The molecule has 0 bridgehead atoms. The van der Waals surface area contributed by atoms with Crippen LogP contribution in [0.2, 0.25) is 0 Å². The normalized spacial score (nSPS) is 16.1. The minimum Gasteiger partial charge on any atom is -0.347 e. The van der Waals surface area contributed by atoms with E-state index in [0.717, 1.165) is 28.6 Å². The van der Waals surface area contributed by atoms with Crippen molar-refractivity contribution in [3.8, 4) is 0 Å². The topological polar surface area (TPSA) is 54.3 Å². The Morgan fingerprint density at radius 2 is 1.79 bits per heavy atom. The van der Waals surface area contributed by atoms with Crippen molar-refractivity contribution in [2.45, 2.75) is 20.4 Å². The monoisotopic (exact) mass is 389 g/mol. The largest absolute Gasteiger partial charge is 0.347 e. The molecule has 4 rings (SSSR count). The number of rotatable bonds is 3. The number of carbonyl (C=O) groups excluding carboxylic acids is 2. The molecular weight excluding hydrogens is 370 g/mol. The third kappa shape index (κ3) is 3.01. The molecule has 1 saturated heterocycles.